The lowest BCUT2D eigenvalue weighted by atomic mass is 9.93. The average molecular weight is 1140 g/mol. The van der Waals surface area contributed by atoms with Crippen molar-refractivity contribution in [2.24, 2.45) is 0 Å². The zero-order valence-corrected chi connectivity index (χ0v) is 47.1. The van der Waals surface area contributed by atoms with Crippen molar-refractivity contribution < 1.29 is 61.8 Å². The largest absolute Gasteiger partial charge is 0.489 e. The van der Waals surface area contributed by atoms with Crippen LogP contribution >= 0.6 is 0 Å². The molecule has 432 valence electrons. The van der Waals surface area contributed by atoms with E-state index in [-0.39, 0.29) is 92.7 Å². The number of nitrogens with one attached hydrogen (secondary N) is 2. The number of esters is 1. The summed E-state index contributed by atoms with van der Waals surface area (Å²) in [4.78, 5) is 42.1. The molecule has 0 aliphatic carbocycles. The van der Waals surface area contributed by atoms with Gasteiger partial charge in [0, 0.05) is 42.8 Å². The molecule has 0 bridgehead atoms. The van der Waals surface area contributed by atoms with Gasteiger partial charge in [0.25, 0.3) is 0 Å². The Morgan fingerprint density at radius 1 is 0.424 bits per heavy atom. The fourth-order valence-corrected chi connectivity index (χ4v) is 9.28. The fourth-order valence-electron chi connectivity index (χ4n) is 9.28. The van der Waals surface area contributed by atoms with E-state index in [2.05, 4.69) is 10.6 Å². The third kappa shape index (κ3) is 16.0. The van der Waals surface area contributed by atoms with E-state index in [1.807, 2.05) is 188 Å². The molecule has 9 aromatic rings. The van der Waals surface area contributed by atoms with Crippen LogP contribution in [0.1, 0.15) is 74.8 Å². The van der Waals surface area contributed by atoms with Crippen LogP contribution in [0.5, 0.6) is 51.7 Å². The smallest absolute Gasteiger partial charge is 0.412 e. The molecule has 10 rings (SSSR count). The van der Waals surface area contributed by atoms with Crippen LogP contribution in [0.4, 0.5) is 9.59 Å². The van der Waals surface area contributed by atoms with Crippen LogP contribution < -0.4 is 53.3 Å². The van der Waals surface area contributed by atoms with Crippen LogP contribution in [0, 0.1) is 0 Å². The standard InChI is InChI=1S/C70H64N2O13/c1-3-71-69(74)84-66-60(78-44-50-27-15-7-16-28-50)35-54(36-61(66)79-45-51-29-17-8-18-30-51)65-64(41-57-58(77-43-49-25-13-6-14-26-49)39-56(40-59(57)82-65)76-42-48-23-11-5-12-24-48)83-68(73)55-37-62(80-46-52-31-19-9-20-32-52)67(85-70(75)72-4-2)63(38-55)81-47-53-33-21-10-22-34-53/h5-40,64-65H,3-4,41-47H2,1-2H3,(H,71,74)(H,72,75)/t64-,65-/m1/s1. The molecule has 0 aromatic heterocycles. The topological polar surface area (TPSA) is 168 Å². The Bertz CT molecular complexity index is 3500. The second-order valence-electron chi connectivity index (χ2n) is 19.7. The number of amides is 2. The second-order valence-corrected chi connectivity index (χ2v) is 19.7. The summed E-state index contributed by atoms with van der Waals surface area (Å²) in [5.41, 5.74) is 6.21. The van der Waals surface area contributed by atoms with Gasteiger partial charge in [0.05, 0.1) is 5.56 Å². The Morgan fingerprint density at radius 2 is 0.765 bits per heavy atom. The normalized spacial score (nSPS) is 13.2. The minimum atomic E-state index is -1.12. The molecule has 15 heteroatoms. The van der Waals surface area contributed by atoms with Crippen molar-refractivity contribution in [2.75, 3.05) is 13.1 Å². The zero-order chi connectivity index (χ0) is 58.6. The molecular weight excluding hydrogens is 1080 g/mol. The molecular formula is C70H64N2O13. The van der Waals surface area contributed by atoms with Crippen molar-refractivity contribution in [2.45, 2.75) is 72.1 Å². The third-order valence-corrected chi connectivity index (χ3v) is 13.5. The van der Waals surface area contributed by atoms with Crippen LogP contribution in [0.15, 0.2) is 218 Å². The molecule has 2 amide bonds. The van der Waals surface area contributed by atoms with Crippen molar-refractivity contribution in [3.63, 3.8) is 0 Å². The van der Waals surface area contributed by atoms with E-state index in [1.165, 1.54) is 12.1 Å². The molecule has 0 radical (unpaired) electrons. The Kier molecular flexibility index (Phi) is 19.7. The Hall–Kier alpha value is -10.4. The first-order valence-electron chi connectivity index (χ1n) is 28.1. The number of hydrogen-bond donors (Lipinski definition) is 2. The lowest BCUT2D eigenvalue weighted by Gasteiger charge is -2.35. The Labute approximate surface area is 493 Å². The van der Waals surface area contributed by atoms with Gasteiger partial charge in [-0.25, -0.2) is 14.4 Å². The first kappa shape index (κ1) is 57.8. The predicted molar refractivity (Wildman–Crippen MR) is 320 cm³/mol. The van der Waals surface area contributed by atoms with E-state index in [1.54, 1.807) is 32.0 Å². The third-order valence-electron chi connectivity index (χ3n) is 13.5. The lowest BCUT2D eigenvalue weighted by molar-refractivity contribution is -0.0191. The highest BCUT2D eigenvalue weighted by Crippen LogP contribution is 2.49. The van der Waals surface area contributed by atoms with Crippen LogP contribution in [0.3, 0.4) is 0 Å². The number of hydrogen-bond acceptors (Lipinski definition) is 13. The van der Waals surface area contributed by atoms with Crippen LogP contribution in [0.25, 0.3) is 0 Å². The van der Waals surface area contributed by atoms with Crippen LogP contribution in [-0.4, -0.2) is 37.3 Å². The van der Waals surface area contributed by atoms with Gasteiger partial charge < -0.3 is 58.0 Å². The van der Waals surface area contributed by atoms with Gasteiger partial charge in [0.1, 0.15) is 63.0 Å². The Balaban J connectivity index is 1.10. The number of rotatable bonds is 25. The molecule has 1 aliphatic heterocycles. The molecule has 0 saturated heterocycles. The summed E-state index contributed by atoms with van der Waals surface area (Å²) in [6.45, 7) is 4.82. The monoisotopic (exact) mass is 1140 g/mol. The summed E-state index contributed by atoms with van der Waals surface area (Å²) in [5.74, 6) is 0.831. The van der Waals surface area contributed by atoms with E-state index in [4.69, 9.17) is 47.4 Å². The maximum atomic E-state index is 15.4. The van der Waals surface area contributed by atoms with Crippen molar-refractivity contribution in [3.05, 3.63) is 268 Å². The summed E-state index contributed by atoms with van der Waals surface area (Å²) in [6.07, 6.45) is -3.66. The maximum Gasteiger partial charge on any atom is 0.412 e. The summed E-state index contributed by atoms with van der Waals surface area (Å²) < 4.78 is 65.1. The number of fused-ring (bicyclic) bond motifs is 1. The predicted octanol–water partition coefficient (Wildman–Crippen LogP) is 14.3. The van der Waals surface area contributed by atoms with Crippen LogP contribution in [-0.2, 0) is 50.8 Å². The van der Waals surface area contributed by atoms with Crippen LogP contribution in [0.2, 0.25) is 0 Å². The highest BCUT2D eigenvalue weighted by atomic mass is 16.6. The van der Waals surface area contributed by atoms with E-state index in [0.29, 0.717) is 34.9 Å². The van der Waals surface area contributed by atoms with Gasteiger partial charge in [0.15, 0.2) is 29.1 Å². The molecule has 2 atom stereocenters. The number of ether oxygens (including phenoxy) is 10. The summed E-state index contributed by atoms with van der Waals surface area (Å²) in [6, 6.07) is 67.4. The molecule has 15 nitrogen and oxygen atoms in total. The molecule has 1 aliphatic rings. The first-order chi connectivity index (χ1) is 41.7. The van der Waals surface area contributed by atoms with E-state index < -0.39 is 30.4 Å². The van der Waals surface area contributed by atoms with Crippen molar-refractivity contribution >= 4 is 18.2 Å². The van der Waals surface area contributed by atoms with E-state index in [0.717, 1.165) is 33.4 Å². The number of benzene rings is 9. The molecule has 1 heterocycles. The van der Waals surface area contributed by atoms with Gasteiger partial charge in [-0.1, -0.05) is 182 Å². The van der Waals surface area contributed by atoms with Gasteiger partial charge in [-0.3, -0.25) is 0 Å². The first-order valence-corrected chi connectivity index (χ1v) is 28.1. The quantitative estimate of drug-likeness (QED) is 0.0519. The molecule has 0 fully saturated rings. The van der Waals surface area contributed by atoms with Crippen molar-refractivity contribution in [3.8, 4) is 51.7 Å². The highest BCUT2D eigenvalue weighted by Gasteiger charge is 2.39. The fraction of sp³-hybridized carbons (Fsp3) is 0.186. The average Bonchev–Trinajstić information content (AvgIpc) is 2.35. The van der Waals surface area contributed by atoms with Gasteiger partial charge in [0.2, 0.25) is 11.5 Å². The second kappa shape index (κ2) is 29.0. The minimum Gasteiger partial charge on any atom is -0.489 e. The molecule has 85 heavy (non-hydrogen) atoms. The Morgan fingerprint density at radius 3 is 1.13 bits per heavy atom. The van der Waals surface area contributed by atoms with Crippen molar-refractivity contribution in [1.82, 2.24) is 10.6 Å². The highest BCUT2D eigenvalue weighted by molar-refractivity contribution is 5.92. The minimum absolute atomic E-state index is 0.00795. The molecule has 2 N–H and O–H groups in total. The van der Waals surface area contributed by atoms with Gasteiger partial charge >= 0.3 is 18.2 Å². The number of carbonyl (C=O) groups excluding carboxylic acids is 3. The van der Waals surface area contributed by atoms with Crippen molar-refractivity contribution in [1.29, 1.82) is 0 Å². The van der Waals surface area contributed by atoms with E-state index in [9.17, 15) is 9.59 Å². The molecule has 0 saturated carbocycles. The van der Waals surface area contributed by atoms with E-state index >= 15 is 4.79 Å². The van der Waals surface area contributed by atoms with Gasteiger partial charge in [-0.05, 0) is 71.5 Å². The SMILES string of the molecule is CCNC(=O)Oc1c(OCc2ccccc2)cc(C(=O)O[C@@H]2Cc3c(OCc4ccccc4)cc(OCc4ccccc4)cc3O[C@@H]2c2cc(OCc3ccccc3)c(OC(=O)NCC)c(OCc3ccccc3)c2)cc1OCc1ccccc1. The summed E-state index contributed by atoms with van der Waals surface area (Å²) in [5, 5.41) is 5.39. The lowest BCUT2D eigenvalue weighted by Crippen LogP contribution is -2.35. The maximum absolute atomic E-state index is 15.4. The van der Waals surface area contributed by atoms with Gasteiger partial charge in [-0.15, -0.1) is 0 Å². The molecule has 9 aromatic carbocycles. The summed E-state index contributed by atoms with van der Waals surface area (Å²) >= 11 is 0. The van der Waals surface area contributed by atoms with Gasteiger partial charge in [-0.2, -0.15) is 0 Å². The zero-order valence-electron chi connectivity index (χ0n) is 47.1. The number of carbonyl (C=O) groups is 3. The summed E-state index contributed by atoms with van der Waals surface area (Å²) in [7, 11) is 0. The molecule has 0 spiro atoms. The molecule has 0 unspecified atom stereocenters.